The first-order valence-corrected chi connectivity index (χ1v) is 14.1. The number of sulfonamides is 1. The van der Waals surface area contributed by atoms with Crippen molar-refractivity contribution in [3.8, 4) is 5.75 Å². The van der Waals surface area contributed by atoms with Crippen molar-refractivity contribution >= 4 is 18.1 Å². The van der Waals surface area contributed by atoms with Crippen LogP contribution in [0, 0.1) is 6.92 Å². The monoisotopic (exact) mass is 401 g/mol. The molecule has 3 rings (SSSR count). The first-order chi connectivity index (χ1) is 12.6. The molecule has 144 valence electrons. The van der Waals surface area contributed by atoms with Gasteiger partial charge in [-0.3, -0.25) is 0 Å². The van der Waals surface area contributed by atoms with Gasteiger partial charge in [0.05, 0.1) is 32.2 Å². The van der Waals surface area contributed by atoms with Crippen LogP contribution in [-0.2, 0) is 10.0 Å². The number of rotatable bonds is 6. The van der Waals surface area contributed by atoms with Gasteiger partial charge in [-0.2, -0.15) is 4.31 Å². The molecule has 6 heteroatoms. The van der Waals surface area contributed by atoms with Crippen molar-refractivity contribution in [3.63, 3.8) is 0 Å². The lowest BCUT2D eigenvalue weighted by atomic mass is 10.1. The molecule has 2 aromatic rings. The van der Waals surface area contributed by atoms with E-state index in [1.54, 1.807) is 23.5 Å². The Hall–Kier alpha value is -1.89. The standard InChI is InChI=1S/C21H27NO3SSi/c1-16-10-12-17(13-11-16)26(23,24)22-19(14-15-27(3,4)5)21(22)18-8-6-7-9-20(18)25-2/h6-15,19,21H,1-5H3/b15-14+/t19-,21-,22?/m0/s1. The second-order valence-electron chi connectivity index (χ2n) is 8.05. The van der Waals surface area contributed by atoms with Crippen LogP contribution in [0.2, 0.25) is 19.6 Å². The minimum atomic E-state index is -3.58. The molecule has 0 bridgehead atoms. The molecule has 2 aromatic carbocycles. The molecule has 0 aromatic heterocycles. The Bertz CT molecular complexity index is 946. The van der Waals surface area contributed by atoms with E-state index >= 15 is 0 Å². The molecule has 1 saturated heterocycles. The molecule has 0 N–H and O–H groups in total. The van der Waals surface area contributed by atoms with Crippen LogP contribution < -0.4 is 4.74 Å². The molecule has 1 aliphatic heterocycles. The fraction of sp³-hybridized carbons (Fsp3) is 0.333. The van der Waals surface area contributed by atoms with E-state index in [4.69, 9.17) is 4.74 Å². The second kappa shape index (κ2) is 7.26. The molecule has 1 unspecified atom stereocenters. The first-order valence-electron chi connectivity index (χ1n) is 9.07. The highest BCUT2D eigenvalue weighted by Crippen LogP contribution is 2.50. The van der Waals surface area contributed by atoms with Gasteiger partial charge in [-0.25, -0.2) is 8.42 Å². The number of hydrogen-bond acceptors (Lipinski definition) is 3. The Morgan fingerprint density at radius 3 is 2.26 bits per heavy atom. The summed E-state index contributed by atoms with van der Waals surface area (Å²) in [6, 6.07) is 14.3. The number of hydrogen-bond donors (Lipinski definition) is 0. The highest BCUT2D eigenvalue weighted by Gasteiger charge is 2.55. The lowest BCUT2D eigenvalue weighted by molar-refractivity contribution is 0.408. The van der Waals surface area contributed by atoms with Crippen LogP contribution in [0.15, 0.2) is 65.2 Å². The summed E-state index contributed by atoms with van der Waals surface area (Å²) >= 11 is 0. The normalized spacial score (nSPS) is 22.8. The second-order valence-corrected chi connectivity index (χ2v) is 15.0. The molecular formula is C21H27NO3SSi. The van der Waals surface area contributed by atoms with E-state index in [9.17, 15) is 8.42 Å². The first kappa shape index (κ1) is 19.9. The number of para-hydroxylation sites is 1. The molecule has 0 saturated carbocycles. The summed E-state index contributed by atoms with van der Waals surface area (Å²) in [7, 11) is -3.40. The molecule has 0 amide bonds. The minimum Gasteiger partial charge on any atom is -0.496 e. The Morgan fingerprint density at radius 2 is 1.67 bits per heavy atom. The summed E-state index contributed by atoms with van der Waals surface area (Å²) < 4.78 is 33.6. The highest BCUT2D eigenvalue weighted by atomic mass is 32.2. The quantitative estimate of drug-likeness (QED) is 0.527. The molecular weight excluding hydrogens is 374 g/mol. The van der Waals surface area contributed by atoms with E-state index in [-0.39, 0.29) is 12.1 Å². The highest BCUT2D eigenvalue weighted by molar-refractivity contribution is 7.89. The van der Waals surface area contributed by atoms with Gasteiger partial charge in [0.1, 0.15) is 5.75 Å². The third-order valence-corrected chi connectivity index (χ3v) is 7.74. The van der Waals surface area contributed by atoms with E-state index in [0.29, 0.717) is 4.90 Å². The predicted molar refractivity (Wildman–Crippen MR) is 112 cm³/mol. The van der Waals surface area contributed by atoms with Crippen LogP contribution in [0.1, 0.15) is 17.2 Å². The Balaban J connectivity index is 2.02. The van der Waals surface area contributed by atoms with Gasteiger partial charge in [0.25, 0.3) is 0 Å². The van der Waals surface area contributed by atoms with Gasteiger partial charge in [-0.1, -0.05) is 67.3 Å². The maximum absolute atomic E-state index is 13.3. The van der Waals surface area contributed by atoms with Crippen LogP contribution in [0.25, 0.3) is 0 Å². The zero-order valence-electron chi connectivity index (χ0n) is 16.5. The molecule has 1 aliphatic rings. The number of nitrogens with zero attached hydrogens (tertiary/aromatic N) is 1. The Kier molecular flexibility index (Phi) is 5.34. The topological polar surface area (TPSA) is 46.4 Å². The molecule has 4 nitrogen and oxygen atoms in total. The third-order valence-electron chi connectivity index (χ3n) is 4.65. The molecule has 27 heavy (non-hydrogen) atoms. The average molecular weight is 402 g/mol. The van der Waals surface area contributed by atoms with Gasteiger partial charge in [0.2, 0.25) is 10.0 Å². The van der Waals surface area contributed by atoms with E-state index < -0.39 is 18.1 Å². The summed E-state index contributed by atoms with van der Waals surface area (Å²) in [5.41, 5.74) is 4.15. The fourth-order valence-corrected chi connectivity index (χ4v) is 5.67. The lowest BCUT2D eigenvalue weighted by Crippen LogP contribution is -2.17. The van der Waals surface area contributed by atoms with Crippen LogP contribution >= 0.6 is 0 Å². The largest absolute Gasteiger partial charge is 0.496 e. The summed E-state index contributed by atoms with van der Waals surface area (Å²) in [5, 5.41) is 0. The molecule has 0 spiro atoms. The van der Waals surface area contributed by atoms with Gasteiger partial charge >= 0.3 is 0 Å². The van der Waals surface area contributed by atoms with Crippen LogP contribution in [0.4, 0.5) is 0 Å². The van der Waals surface area contributed by atoms with Crippen molar-refractivity contribution in [1.29, 1.82) is 0 Å². The van der Waals surface area contributed by atoms with Crippen molar-refractivity contribution < 1.29 is 13.2 Å². The van der Waals surface area contributed by atoms with Gasteiger partial charge in [-0.05, 0) is 25.1 Å². The van der Waals surface area contributed by atoms with Crippen molar-refractivity contribution in [3.05, 3.63) is 71.4 Å². The fourth-order valence-electron chi connectivity index (χ4n) is 3.18. The number of ether oxygens (including phenoxy) is 1. The van der Waals surface area contributed by atoms with Crippen molar-refractivity contribution in [2.45, 2.75) is 43.5 Å². The number of methoxy groups -OCH3 is 1. The van der Waals surface area contributed by atoms with Crippen LogP contribution in [-0.4, -0.2) is 33.9 Å². The molecule has 0 radical (unpaired) electrons. The SMILES string of the molecule is COc1ccccc1[C@H]1[C@H](/C=C/[Si](C)(C)C)N1S(=O)(=O)c1ccc(C)cc1. The van der Waals surface area contributed by atoms with Crippen LogP contribution in [0.3, 0.4) is 0 Å². The summed E-state index contributed by atoms with van der Waals surface area (Å²) in [4.78, 5) is 0.330. The maximum atomic E-state index is 13.3. The van der Waals surface area contributed by atoms with Gasteiger partial charge < -0.3 is 4.74 Å². The predicted octanol–water partition coefficient (Wildman–Crippen LogP) is 4.55. The average Bonchev–Trinajstić information content (AvgIpc) is 3.35. The van der Waals surface area contributed by atoms with Crippen molar-refractivity contribution in [2.24, 2.45) is 0 Å². The smallest absolute Gasteiger partial charge is 0.244 e. The van der Waals surface area contributed by atoms with Gasteiger partial charge in [0.15, 0.2) is 0 Å². The van der Waals surface area contributed by atoms with Gasteiger partial charge in [-0.15, -0.1) is 0 Å². The minimum absolute atomic E-state index is 0.181. The Morgan fingerprint density at radius 1 is 1.04 bits per heavy atom. The van der Waals surface area contributed by atoms with E-state index in [2.05, 4.69) is 31.4 Å². The van der Waals surface area contributed by atoms with E-state index in [1.807, 2.05) is 43.3 Å². The number of aryl methyl sites for hydroxylation is 1. The van der Waals surface area contributed by atoms with Crippen LogP contribution in [0.5, 0.6) is 5.75 Å². The maximum Gasteiger partial charge on any atom is 0.244 e. The number of benzene rings is 2. The molecule has 3 atom stereocenters. The van der Waals surface area contributed by atoms with Gasteiger partial charge in [0, 0.05) is 5.56 Å². The van der Waals surface area contributed by atoms with Crippen molar-refractivity contribution in [2.75, 3.05) is 7.11 Å². The van der Waals surface area contributed by atoms with E-state index in [1.165, 1.54) is 0 Å². The summed E-state index contributed by atoms with van der Waals surface area (Å²) in [6.07, 6.45) is 2.06. The summed E-state index contributed by atoms with van der Waals surface area (Å²) in [6.45, 7) is 8.67. The van der Waals surface area contributed by atoms with Crippen molar-refractivity contribution in [1.82, 2.24) is 4.31 Å². The zero-order chi connectivity index (χ0) is 19.8. The molecule has 1 heterocycles. The zero-order valence-corrected chi connectivity index (χ0v) is 18.3. The Labute approximate surface area is 163 Å². The third kappa shape index (κ3) is 4.18. The summed E-state index contributed by atoms with van der Waals surface area (Å²) in [5.74, 6) is 0.718. The lowest BCUT2D eigenvalue weighted by Gasteiger charge is -2.09. The van der Waals surface area contributed by atoms with E-state index in [0.717, 1.165) is 16.9 Å². The molecule has 0 aliphatic carbocycles. The molecule has 1 fully saturated rings.